The van der Waals surface area contributed by atoms with Crippen LogP contribution in [0.5, 0.6) is 5.75 Å². The number of anilines is 1. The Morgan fingerprint density at radius 2 is 1.92 bits per heavy atom. The van der Waals surface area contributed by atoms with Crippen molar-refractivity contribution in [2.24, 2.45) is 0 Å². The summed E-state index contributed by atoms with van der Waals surface area (Å²) >= 11 is 0. The third-order valence-electron chi connectivity index (χ3n) is 3.62. The fraction of sp³-hybridized carbons (Fsp3) is 0.389. The van der Waals surface area contributed by atoms with Crippen LogP contribution in [-0.2, 0) is 6.42 Å². The fourth-order valence-electron chi connectivity index (χ4n) is 2.19. The standard InChI is InChI=1S/C18H25N5O2/c1-23(2)11-10-20-18(24)16-12-17(22-13-21-16)19-9-8-14-4-6-15(25-3)7-5-14/h4-7,12-13H,8-11H2,1-3H3,(H,20,24)(H,19,21,22). The van der Waals surface area contributed by atoms with E-state index in [0.29, 0.717) is 24.6 Å². The van der Waals surface area contributed by atoms with Crippen LogP contribution in [0.4, 0.5) is 5.82 Å². The van der Waals surface area contributed by atoms with Gasteiger partial charge in [-0.25, -0.2) is 9.97 Å². The lowest BCUT2D eigenvalue weighted by molar-refractivity contribution is 0.0946. The molecule has 0 bridgehead atoms. The predicted octanol–water partition coefficient (Wildman–Crippen LogP) is 1.43. The molecule has 1 aromatic carbocycles. The number of ether oxygens (including phenoxy) is 1. The Hall–Kier alpha value is -2.67. The first-order chi connectivity index (χ1) is 12.1. The molecule has 7 nitrogen and oxygen atoms in total. The van der Waals surface area contributed by atoms with E-state index in [4.69, 9.17) is 4.74 Å². The highest BCUT2D eigenvalue weighted by molar-refractivity contribution is 5.92. The predicted molar refractivity (Wildman–Crippen MR) is 98.1 cm³/mol. The van der Waals surface area contributed by atoms with Gasteiger partial charge in [0.1, 0.15) is 23.6 Å². The maximum Gasteiger partial charge on any atom is 0.270 e. The summed E-state index contributed by atoms with van der Waals surface area (Å²) in [5.74, 6) is 1.29. The molecule has 134 valence electrons. The molecule has 2 aromatic rings. The molecule has 2 rings (SSSR count). The smallest absolute Gasteiger partial charge is 0.270 e. The second kappa shape index (κ2) is 9.58. The van der Waals surface area contributed by atoms with E-state index in [9.17, 15) is 4.79 Å². The zero-order chi connectivity index (χ0) is 18.1. The molecule has 25 heavy (non-hydrogen) atoms. The number of nitrogens with zero attached hydrogens (tertiary/aromatic N) is 3. The summed E-state index contributed by atoms with van der Waals surface area (Å²) in [6.45, 7) is 2.07. The number of hydrogen-bond acceptors (Lipinski definition) is 6. The monoisotopic (exact) mass is 343 g/mol. The van der Waals surface area contributed by atoms with Crippen LogP contribution in [0, 0.1) is 0 Å². The van der Waals surface area contributed by atoms with Crippen LogP contribution >= 0.6 is 0 Å². The molecule has 0 radical (unpaired) electrons. The fourth-order valence-corrected chi connectivity index (χ4v) is 2.19. The van der Waals surface area contributed by atoms with Crippen molar-refractivity contribution in [3.8, 4) is 5.75 Å². The molecule has 1 amide bonds. The van der Waals surface area contributed by atoms with Crippen molar-refractivity contribution in [1.29, 1.82) is 0 Å². The number of benzene rings is 1. The lowest BCUT2D eigenvalue weighted by Gasteiger charge is -2.10. The van der Waals surface area contributed by atoms with Crippen molar-refractivity contribution in [3.63, 3.8) is 0 Å². The van der Waals surface area contributed by atoms with Gasteiger partial charge in [-0.2, -0.15) is 0 Å². The Kier molecular flexibility index (Phi) is 7.16. The van der Waals surface area contributed by atoms with Crippen molar-refractivity contribution in [2.75, 3.05) is 46.2 Å². The van der Waals surface area contributed by atoms with E-state index in [0.717, 1.165) is 18.7 Å². The average Bonchev–Trinajstić information content (AvgIpc) is 2.62. The van der Waals surface area contributed by atoms with Crippen LogP contribution < -0.4 is 15.4 Å². The van der Waals surface area contributed by atoms with Gasteiger partial charge in [0.2, 0.25) is 0 Å². The van der Waals surface area contributed by atoms with E-state index < -0.39 is 0 Å². The van der Waals surface area contributed by atoms with Crippen LogP contribution in [0.15, 0.2) is 36.7 Å². The molecule has 2 N–H and O–H groups in total. The second-order valence-corrected chi connectivity index (χ2v) is 5.87. The topological polar surface area (TPSA) is 79.4 Å². The molecule has 0 aliphatic carbocycles. The van der Waals surface area contributed by atoms with E-state index in [1.807, 2.05) is 43.3 Å². The molecule has 0 unspecified atom stereocenters. The van der Waals surface area contributed by atoms with Gasteiger partial charge in [0.05, 0.1) is 7.11 Å². The van der Waals surface area contributed by atoms with Gasteiger partial charge in [0.15, 0.2) is 0 Å². The van der Waals surface area contributed by atoms with E-state index in [-0.39, 0.29) is 5.91 Å². The molecule has 7 heteroatoms. The number of likely N-dealkylation sites (N-methyl/N-ethyl adjacent to an activating group) is 1. The van der Waals surface area contributed by atoms with Crippen molar-refractivity contribution < 1.29 is 9.53 Å². The highest BCUT2D eigenvalue weighted by atomic mass is 16.5. The Labute approximate surface area is 148 Å². The van der Waals surface area contributed by atoms with E-state index >= 15 is 0 Å². The van der Waals surface area contributed by atoms with Crippen LogP contribution in [-0.4, -0.2) is 61.6 Å². The van der Waals surface area contributed by atoms with Gasteiger partial charge in [-0.05, 0) is 38.2 Å². The summed E-state index contributed by atoms with van der Waals surface area (Å²) in [4.78, 5) is 22.3. The zero-order valence-corrected chi connectivity index (χ0v) is 15.0. The molecule has 0 atom stereocenters. The van der Waals surface area contributed by atoms with Gasteiger partial charge in [-0.1, -0.05) is 12.1 Å². The van der Waals surface area contributed by atoms with Crippen LogP contribution in [0.25, 0.3) is 0 Å². The lowest BCUT2D eigenvalue weighted by atomic mass is 10.1. The maximum absolute atomic E-state index is 12.1. The van der Waals surface area contributed by atoms with E-state index in [2.05, 4.69) is 20.6 Å². The minimum atomic E-state index is -0.192. The summed E-state index contributed by atoms with van der Waals surface area (Å²) in [6.07, 6.45) is 2.24. The maximum atomic E-state index is 12.1. The van der Waals surface area contributed by atoms with E-state index in [1.165, 1.54) is 11.9 Å². The minimum absolute atomic E-state index is 0.192. The summed E-state index contributed by atoms with van der Waals surface area (Å²) in [5.41, 5.74) is 1.56. The summed E-state index contributed by atoms with van der Waals surface area (Å²) < 4.78 is 5.15. The Morgan fingerprint density at radius 3 is 2.60 bits per heavy atom. The van der Waals surface area contributed by atoms with Gasteiger partial charge in [-0.3, -0.25) is 4.79 Å². The molecule has 0 fully saturated rings. The first kappa shape index (κ1) is 18.7. The Balaban J connectivity index is 1.82. The molecule has 0 saturated carbocycles. The van der Waals surface area contributed by atoms with Crippen molar-refractivity contribution in [1.82, 2.24) is 20.2 Å². The second-order valence-electron chi connectivity index (χ2n) is 5.87. The largest absolute Gasteiger partial charge is 0.497 e. The Bertz CT molecular complexity index is 673. The van der Waals surface area contributed by atoms with Crippen LogP contribution in [0.2, 0.25) is 0 Å². The zero-order valence-electron chi connectivity index (χ0n) is 15.0. The van der Waals surface area contributed by atoms with E-state index in [1.54, 1.807) is 13.2 Å². The van der Waals surface area contributed by atoms with Crippen molar-refractivity contribution in [3.05, 3.63) is 47.9 Å². The third kappa shape index (κ3) is 6.39. The van der Waals surface area contributed by atoms with Crippen LogP contribution in [0.1, 0.15) is 16.1 Å². The van der Waals surface area contributed by atoms with Crippen molar-refractivity contribution >= 4 is 11.7 Å². The summed E-state index contributed by atoms with van der Waals surface area (Å²) in [6, 6.07) is 9.61. The third-order valence-corrected chi connectivity index (χ3v) is 3.62. The Morgan fingerprint density at radius 1 is 1.16 bits per heavy atom. The van der Waals surface area contributed by atoms with Gasteiger partial charge in [-0.15, -0.1) is 0 Å². The van der Waals surface area contributed by atoms with Gasteiger partial charge in [0.25, 0.3) is 5.91 Å². The molecule has 0 aliphatic rings. The molecule has 1 heterocycles. The highest BCUT2D eigenvalue weighted by Gasteiger charge is 2.08. The molecular weight excluding hydrogens is 318 g/mol. The number of aromatic nitrogens is 2. The van der Waals surface area contributed by atoms with Crippen molar-refractivity contribution in [2.45, 2.75) is 6.42 Å². The first-order valence-corrected chi connectivity index (χ1v) is 8.20. The number of amides is 1. The van der Waals surface area contributed by atoms with Gasteiger partial charge >= 0.3 is 0 Å². The average molecular weight is 343 g/mol. The molecule has 1 aromatic heterocycles. The number of rotatable bonds is 9. The quantitative estimate of drug-likeness (QED) is 0.717. The molecule has 0 aliphatic heterocycles. The normalized spacial score (nSPS) is 10.6. The number of methoxy groups -OCH3 is 1. The lowest BCUT2D eigenvalue weighted by Crippen LogP contribution is -2.31. The summed E-state index contributed by atoms with van der Waals surface area (Å²) in [5, 5.41) is 6.06. The highest BCUT2D eigenvalue weighted by Crippen LogP contribution is 2.12. The molecule has 0 saturated heterocycles. The van der Waals surface area contributed by atoms with Crippen LogP contribution in [0.3, 0.4) is 0 Å². The van der Waals surface area contributed by atoms with Gasteiger partial charge < -0.3 is 20.3 Å². The molecular formula is C18H25N5O2. The number of carbonyl (C=O) groups is 1. The first-order valence-electron chi connectivity index (χ1n) is 8.20. The summed E-state index contributed by atoms with van der Waals surface area (Å²) in [7, 11) is 5.57. The minimum Gasteiger partial charge on any atom is -0.497 e. The number of carbonyl (C=O) groups excluding carboxylic acids is 1. The van der Waals surface area contributed by atoms with Gasteiger partial charge in [0, 0.05) is 25.7 Å². The molecule has 0 spiro atoms. The number of hydrogen-bond donors (Lipinski definition) is 2. The SMILES string of the molecule is COc1ccc(CCNc2cc(C(=O)NCCN(C)C)ncn2)cc1. The number of nitrogens with one attached hydrogen (secondary N) is 2.